The van der Waals surface area contributed by atoms with Crippen molar-refractivity contribution in [2.45, 2.75) is 63.8 Å². The summed E-state index contributed by atoms with van der Waals surface area (Å²) in [6.45, 7) is 8.68. The molecule has 0 unspecified atom stereocenters. The summed E-state index contributed by atoms with van der Waals surface area (Å²) in [4.78, 5) is 17.8. The van der Waals surface area contributed by atoms with Gasteiger partial charge in [-0.25, -0.2) is 13.2 Å². The van der Waals surface area contributed by atoms with Gasteiger partial charge in [0.2, 0.25) is 10.0 Å². The second kappa shape index (κ2) is 8.32. The van der Waals surface area contributed by atoms with Crippen LogP contribution >= 0.6 is 0 Å². The molecule has 1 aromatic heterocycles. The number of aryl methyl sites for hydroxylation is 1. The van der Waals surface area contributed by atoms with Gasteiger partial charge in [0.1, 0.15) is 10.6 Å². The molecule has 27 heavy (non-hydrogen) atoms. The quantitative estimate of drug-likeness (QED) is 0.772. The molecule has 2 aliphatic heterocycles. The monoisotopic (exact) mass is 397 g/mol. The predicted molar refractivity (Wildman–Crippen MR) is 103 cm³/mol. The van der Waals surface area contributed by atoms with E-state index in [1.807, 2.05) is 0 Å². The summed E-state index contributed by atoms with van der Waals surface area (Å²) in [5, 5.41) is 0. The van der Waals surface area contributed by atoms with Crippen LogP contribution in [0.15, 0.2) is 4.90 Å². The molecule has 1 aromatic rings. The Balaban J connectivity index is 1.75. The van der Waals surface area contributed by atoms with Gasteiger partial charge in [0.25, 0.3) is 0 Å². The molecule has 0 atom stereocenters. The molecule has 0 amide bonds. The molecule has 2 fully saturated rings. The van der Waals surface area contributed by atoms with E-state index in [-0.39, 0.29) is 17.2 Å². The van der Waals surface area contributed by atoms with E-state index in [9.17, 15) is 13.2 Å². The third-order valence-electron chi connectivity index (χ3n) is 5.78. The number of piperidine rings is 2. The zero-order valence-corrected chi connectivity index (χ0v) is 17.4. The lowest BCUT2D eigenvalue weighted by atomic mass is 10.0. The molecule has 0 bridgehead atoms. The fourth-order valence-corrected chi connectivity index (χ4v) is 6.26. The summed E-state index contributed by atoms with van der Waals surface area (Å²) >= 11 is 0. The van der Waals surface area contributed by atoms with E-state index in [4.69, 9.17) is 4.74 Å². The average Bonchev–Trinajstić information content (AvgIpc) is 2.98. The van der Waals surface area contributed by atoms with Gasteiger partial charge in [-0.05, 0) is 59.5 Å². The molecule has 0 radical (unpaired) electrons. The van der Waals surface area contributed by atoms with Gasteiger partial charge >= 0.3 is 5.97 Å². The molecule has 2 saturated heterocycles. The second-order valence-electron chi connectivity index (χ2n) is 7.53. The van der Waals surface area contributed by atoms with Crippen LogP contribution < -0.4 is 0 Å². The average molecular weight is 398 g/mol. The number of rotatable bonds is 5. The summed E-state index contributed by atoms with van der Waals surface area (Å²) in [5.41, 5.74) is 1.17. The number of H-pyrrole nitrogens is 1. The molecule has 1 N–H and O–H groups in total. The Bertz CT molecular complexity index is 773. The Morgan fingerprint density at radius 2 is 1.74 bits per heavy atom. The van der Waals surface area contributed by atoms with Gasteiger partial charge in [0.05, 0.1) is 6.61 Å². The van der Waals surface area contributed by atoms with Gasteiger partial charge < -0.3 is 14.6 Å². The molecular formula is C19H31N3O4S. The highest BCUT2D eigenvalue weighted by molar-refractivity contribution is 7.89. The first-order valence-corrected chi connectivity index (χ1v) is 11.4. The number of ether oxygens (including phenoxy) is 1. The van der Waals surface area contributed by atoms with Crippen molar-refractivity contribution in [1.29, 1.82) is 0 Å². The molecule has 0 aliphatic carbocycles. The van der Waals surface area contributed by atoms with Gasteiger partial charge in [-0.3, -0.25) is 0 Å². The topological polar surface area (TPSA) is 82.7 Å². The highest BCUT2D eigenvalue weighted by Gasteiger charge is 2.35. The van der Waals surface area contributed by atoms with Crippen molar-refractivity contribution in [3.05, 3.63) is 17.0 Å². The first kappa shape index (κ1) is 20.4. The minimum absolute atomic E-state index is 0.224. The maximum atomic E-state index is 13.2. The van der Waals surface area contributed by atoms with Gasteiger partial charge in [-0.1, -0.05) is 6.42 Å². The molecule has 0 aromatic carbocycles. The number of carbonyl (C=O) groups is 1. The molecule has 3 rings (SSSR count). The minimum atomic E-state index is -3.63. The van der Waals surface area contributed by atoms with E-state index in [1.54, 1.807) is 25.1 Å². The van der Waals surface area contributed by atoms with E-state index < -0.39 is 16.0 Å². The molecule has 8 heteroatoms. The van der Waals surface area contributed by atoms with Crippen molar-refractivity contribution in [3.63, 3.8) is 0 Å². The molecule has 152 valence electrons. The number of nitrogens with one attached hydrogen (secondary N) is 1. The van der Waals surface area contributed by atoms with Crippen LogP contribution in [0, 0.1) is 13.8 Å². The number of sulfonamides is 1. The Hall–Kier alpha value is -1.38. The fourth-order valence-electron chi connectivity index (χ4n) is 4.39. The summed E-state index contributed by atoms with van der Waals surface area (Å²) in [5.74, 6) is -0.511. The van der Waals surface area contributed by atoms with Gasteiger partial charge in [-0.2, -0.15) is 4.31 Å². The number of nitrogens with zero attached hydrogens (tertiary/aromatic N) is 2. The first-order valence-electron chi connectivity index (χ1n) is 9.96. The Morgan fingerprint density at radius 1 is 1.11 bits per heavy atom. The number of hydrogen-bond donors (Lipinski definition) is 1. The summed E-state index contributed by atoms with van der Waals surface area (Å²) in [6, 6.07) is 0.486. The van der Waals surface area contributed by atoms with Crippen LogP contribution in [0.1, 0.15) is 60.8 Å². The lowest BCUT2D eigenvalue weighted by Gasteiger charge is -2.39. The minimum Gasteiger partial charge on any atom is -0.461 e. The second-order valence-corrected chi connectivity index (χ2v) is 9.41. The number of likely N-dealkylation sites (tertiary alicyclic amines) is 1. The van der Waals surface area contributed by atoms with Crippen LogP contribution in [0.4, 0.5) is 0 Å². The zero-order chi connectivity index (χ0) is 19.6. The zero-order valence-electron chi connectivity index (χ0n) is 16.6. The molecular weight excluding hydrogens is 366 g/mol. The number of esters is 1. The lowest BCUT2D eigenvalue weighted by Crippen LogP contribution is -2.48. The van der Waals surface area contributed by atoms with Crippen molar-refractivity contribution in [3.8, 4) is 0 Å². The van der Waals surface area contributed by atoms with Crippen molar-refractivity contribution in [2.75, 3.05) is 32.8 Å². The number of aromatic amines is 1. The van der Waals surface area contributed by atoms with Crippen LogP contribution in [-0.2, 0) is 14.8 Å². The largest absolute Gasteiger partial charge is 0.461 e. The standard InChI is InChI=1S/C19H31N3O4S/c1-4-26-19(23)17-14(2)18(15(3)20-17)27(24,25)22-12-8-16(9-13-22)21-10-6-5-7-11-21/h16,20H,4-13H2,1-3H3. The van der Waals surface area contributed by atoms with Crippen LogP contribution in [0.3, 0.4) is 0 Å². The van der Waals surface area contributed by atoms with Crippen molar-refractivity contribution in [1.82, 2.24) is 14.2 Å². The number of carbonyl (C=O) groups excluding carboxylic acids is 1. The van der Waals surface area contributed by atoms with Crippen molar-refractivity contribution < 1.29 is 17.9 Å². The van der Waals surface area contributed by atoms with E-state index in [1.165, 1.54) is 19.3 Å². The number of aromatic nitrogens is 1. The maximum Gasteiger partial charge on any atom is 0.355 e. The highest BCUT2D eigenvalue weighted by atomic mass is 32.2. The van der Waals surface area contributed by atoms with Crippen LogP contribution in [-0.4, -0.2) is 67.4 Å². The van der Waals surface area contributed by atoms with Gasteiger partial charge in [0, 0.05) is 30.4 Å². The third kappa shape index (κ3) is 4.07. The summed E-state index contributed by atoms with van der Waals surface area (Å²) in [7, 11) is -3.63. The van der Waals surface area contributed by atoms with Crippen molar-refractivity contribution in [2.24, 2.45) is 0 Å². The summed E-state index contributed by atoms with van der Waals surface area (Å²) < 4.78 is 33.1. The van der Waals surface area contributed by atoms with Crippen molar-refractivity contribution >= 4 is 16.0 Å². The number of hydrogen-bond acceptors (Lipinski definition) is 5. The smallest absolute Gasteiger partial charge is 0.355 e. The Kier molecular flexibility index (Phi) is 6.28. The van der Waals surface area contributed by atoms with E-state index in [2.05, 4.69) is 9.88 Å². The van der Waals surface area contributed by atoms with E-state index in [0.29, 0.717) is 30.4 Å². The summed E-state index contributed by atoms with van der Waals surface area (Å²) in [6.07, 6.45) is 5.53. The fraction of sp³-hybridized carbons (Fsp3) is 0.737. The van der Waals surface area contributed by atoms with E-state index in [0.717, 1.165) is 25.9 Å². The van der Waals surface area contributed by atoms with Crippen LogP contribution in [0.5, 0.6) is 0 Å². The predicted octanol–water partition coefficient (Wildman–Crippen LogP) is 2.45. The Morgan fingerprint density at radius 3 is 2.33 bits per heavy atom. The lowest BCUT2D eigenvalue weighted by molar-refractivity contribution is 0.0519. The van der Waals surface area contributed by atoms with Crippen LogP contribution in [0.25, 0.3) is 0 Å². The molecule has 0 saturated carbocycles. The SMILES string of the molecule is CCOC(=O)c1[nH]c(C)c(S(=O)(=O)N2CCC(N3CCCCC3)CC2)c1C. The molecule has 0 spiro atoms. The maximum absolute atomic E-state index is 13.2. The highest BCUT2D eigenvalue weighted by Crippen LogP contribution is 2.30. The molecule has 3 heterocycles. The third-order valence-corrected chi connectivity index (χ3v) is 7.95. The normalized spacial score (nSPS) is 20.7. The van der Waals surface area contributed by atoms with E-state index >= 15 is 0 Å². The molecule has 7 nitrogen and oxygen atoms in total. The van der Waals surface area contributed by atoms with Gasteiger partial charge in [0.15, 0.2) is 0 Å². The Labute approximate surface area is 162 Å². The molecule has 2 aliphatic rings. The van der Waals surface area contributed by atoms with Crippen LogP contribution in [0.2, 0.25) is 0 Å². The first-order chi connectivity index (χ1) is 12.9. The van der Waals surface area contributed by atoms with Gasteiger partial charge in [-0.15, -0.1) is 0 Å².